The Hall–Kier alpha value is -1.87. The first-order valence-electron chi connectivity index (χ1n) is 6.14. The molecule has 0 atom stereocenters. The molecule has 0 fully saturated rings. The zero-order chi connectivity index (χ0) is 15.5. The van der Waals surface area contributed by atoms with Gasteiger partial charge in [0.05, 0.1) is 16.5 Å². The average molecular weight is 321 g/mol. The molecule has 0 heterocycles. The Morgan fingerprint density at radius 1 is 1.19 bits per heavy atom. The lowest BCUT2D eigenvalue weighted by Crippen LogP contribution is -2.26. The molecule has 0 radical (unpaired) electrons. The quantitative estimate of drug-likeness (QED) is 0.870. The van der Waals surface area contributed by atoms with Crippen molar-refractivity contribution in [3.05, 3.63) is 64.7 Å². The Bertz CT molecular complexity index is 780. The highest BCUT2D eigenvalue weighted by Gasteiger charge is 2.20. The van der Waals surface area contributed by atoms with E-state index in [2.05, 4.69) is 0 Å². The van der Waals surface area contributed by atoms with Crippen molar-refractivity contribution in [3.63, 3.8) is 0 Å². The molecule has 2 aromatic carbocycles. The first-order valence-corrected chi connectivity index (χ1v) is 7.96. The summed E-state index contributed by atoms with van der Waals surface area (Å²) in [5, 5.41) is 9.35. The number of sulfonamides is 1. The largest absolute Gasteiger partial charge is 0.243 e. The van der Waals surface area contributed by atoms with Crippen molar-refractivity contribution in [2.45, 2.75) is 11.4 Å². The van der Waals surface area contributed by atoms with Gasteiger partial charge in [-0.15, -0.1) is 0 Å². The summed E-state index contributed by atoms with van der Waals surface area (Å²) >= 11 is 5.77. The molecule has 0 N–H and O–H groups in total. The lowest BCUT2D eigenvalue weighted by Gasteiger charge is -2.17. The van der Waals surface area contributed by atoms with Crippen LogP contribution in [0.15, 0.2) is 53.4 Å². The van der Waals surface area contributed by atoms with Gasteiger partial charge >= 0.3 is 0 Å². The van der Waals surface area contributed by atoms with Gasteiger partial charge in [-0.1, -0.05) is 23.7 Å². The topological polar surface area (TPSA) is 61.2 Å². The van der Waals surface area contributed by atoms with Crippen LogP contribution in [-0.4, -0.2) is 19.8 Å². The summed E-state index contributed by atoms with van der Waals surface area (Å²) in [7, 11) is -2.08. The normalized spacial score (nSPS) is 11.3. The highest BCUT2D eigenvalue weighted by molar-refractivity contribution is 7.89. The maximum absolute atomic E-state index is 12.4. The Labute approximate surface area is 129 Å². The van der Waals surface area contributed by atoms with E-state index in [1.54, 1.807) is 36.4 Å². The summed E-state index contributed by atoms with van der Waals surface area (Å²) in [6.07, 6.45) is 0. The summed E-state index contributed by atoms with van der Waals surface area (Å²) in [6.45, 7) is 0.195. The summed E-state index contributed by atoms with van der Waals surface area (Å²) < 4.78 is 26.1. The molecule has 108 valence electrons. The molecule has 6 heteroatoms. The molecule has 0 aliphatic carbocycles. The summed E-state index contributed by atoms with van der Waals surface area (Å²) in [6, 6.07) is 14.9. The minimum atomic E-state index is -3.58. The first-order chi connectivity index (χ1) is 9.93. The van der Waals surface area contributed by atoms with Crippen LogP contribution in [0.2, 0.25) is 5.02 Å². The van der Waals surface area contributed by atoms with E-state index in [0.29, 0.717) is 10.6 Å². The summed E-state index contributed by atoms with van der Waals surface area (Å²) in [4.78, 5) is 0.186. The van der Waals surface area contributed by atoms with Gasteiger partial charge in [0.2, 0.25) is 10.0 Å². The van der Waals surface area contributed by atoms with E-state index >= 15 is 0 Å². The molecule has 0 bridgehead atoms. The van der Waals surface area contributed by atoms with Crippen LogP contribution in [0, 0.1) is 11.3 Å². The molecule has 4 nitrogen and oxygen atoms in total. The van der Waals surface area contributed by atoms with Crippen molar-refractivity contribution in [1.29, 1.82) is 5.26 Å². The van der Waals surface area contributed by atoms with Crippen LogP contribution in [0.5, 0.6) is 0 Å². The molecule has 21 heavy (non-hydrogen) atoms. The lowest BCUT2D eigenvalue weighted by atomic mass is 10.1. The minimum absolute atomic E-state index is 0.186. The third-order valence-corrected chi connectivity index (χ3v) is 5.05. The van der Waals surface area contributed by atoms with E-state index in [4.69, 9.17) is 16.9 Å². The van der Waals surface area contributed by atoms with Gasteiger partial charge in [0, 0.05) is 18.6 Å². The van der Waals surface area contributed by atoms with Crippen LogP contribution in [0.3, 0.4) is 0 Å². The van der Waals surface area contributed by atoms with Gasteiger partial charge in [-0.05, 0) is 42.0 Å². The van der Waals surface area contributed by atoms with E-state index in [9.17, 15) is 8.42 Å². The molecule has 0 aromatic heterocycles. The van der Waals surface area contributed by atoms with Crippen molar-refractivity contribution in [1.82, 2.24) is 4.31 Å². The number of hydrogen-bond donors (Lipinski definition) is 0. The van der Waals surface area contributed by atoms with Gasteiger partial charge in [0.25, 0.3) is 0 Å². The number of halogens is 1. The van der Waals surface area contributed by atoms with Crippen molar-refractivity contribution in [3.8, 4) is 6.07 Å². The van der Waals surface area contributed by atoms with Crippen LogP contribution < -0.4 is 0 Å². The van der Waals surface area contributed by atoms with Crippen LogP contribution in [0.4, 0.5) is 0 Å². The second kappa shape index (κ2) is 6.27. The Balaban J connectivity index is 2.24. The third kappa shape index (κ3) is 3.61. The number of nitrogens with zero attached hydrogens (tertiary/aromatic N) is 2. The molecular weight excluding hydrogens is 308 g/mol. The van der Waals surface area contributed by atoms with Crippen LogP contribution in [0.1, 0.15) is 11.1 Å². The van der Waals surface area contributed by atoms with Crippen molar-refractivity contribution in [2.75, 3.05) is 7.05 Å². The van der Waals surface area contributed by atoms with E-state index in [0.717, 1.165) is 5.56 Å². The predicted molar refractivity (Wildman–Crippen MR) is 81.3 cm³/mol. The van der Waals surface area contributed by atoms with Crippen molar-refractivity contribution >= 4 is 21.6 Å². The predicted octanol–water partition coefficient (Wildman–Crippen LogP) is 3.03. The molecule has 0 saturated carbocycles. The number of hydrogen-bond acceptors (Lipinski definition) is 3. The fourth-order valence-electron chi connectivity index (χ4n) is 1.87. The fourth-order valence-corrected chi connectivity index (χ4v) is 3.15. The van der Waals surface area contributed by atoms with Gasteiger partial charge in [-0.25, -0.2) is 8.42 Å². The third-order valence-electron chi connectivity index (χ3n) is 2.98. The Morgan fingerprint density at radius 3 is 2.48 bits per heavy atom. The average Bonchev–Trinajstić information content (AvgIpc) is 2.48. The van der Waals surface area contributed by atoms with E-state index < -0.39 is 10.0 Å². The second-order valence-electron chi connectivity index (χ2n) is 4.53. The molecule has 2 rings (SSSR count). The van der Waals surface area contributed by atoms with E-state index in [1.807, 2.05) is 6.07 Å². The Kier molecular flexibility index (Phi) is 4.63. The Morgan fingerprint density at radius 2 is 1.86 bits per heavy atom. The monoisotopic (exact) mass is 320 g/mol. The van der Waals surface area contributed by atoms with Gasteiger partial charge in [0.1, 0.15) is 0 Å². The van der Waals surface area contributed by atoms with E-state index in [1.165, 1.54) is 23.5 Å². The maximum Gasteiger partial charge on any atom is 0.243 e. The molecule has 2 aromatic rings. The molecule has 0 aliphatic heterocycles. The van der Waals surface area contributed by atoms with Crippen LogP contribution >= 0.6 is 11.6 Å². The molecule has 0 saturated heterocycles. The minimum Gasteiger partial charge on any atom is -0.207 e. The molecule has 0 spiro atoms. The zero-order valence-electron chi connectivity index (χ0n) is 11.3. The fraction of sp³-hybridized carbons (Fsp3) is 0.133. The van der Waals surface area contributed by atoms with Gasteiger partial charge in [-0.3, -0.25) is 0 Å². The molecule has 0 amide bonds. The number of benzene rings is 2. The van der Waals surface area contributed by atoms with Gasteiger partial charge < -0.3 is 0 Å². The van der Waals surface area contributed by atoms with Crippen LogP contribution in [-0.2, 0) is 16.6 Å². The molecule has 0 aliphatic rings. The molecule has 0 unspecified atom stereocenters. The second-order valence-corrected chi connectivity index (χ2v) is 7.01. The first kappa shape index (κ1) is 15.5. The van der Waals surface area contributed by atoms with Crippen molar-refractivity contribution in [2.24, 2.45) is 0 Å². The summed E-state index contributed by atoms with van der Waals surface area (Å²) in [5.41, 5.74) is 1.26. The van der Waals surface area contributed by atoms with Gasteiger partial charge in [0.15, 0.2) is 0 Å². The maximum atomic E-state index is 12.4. The molecular formula is C15H13ClN2O2S. The van der Waals surface area contributed by atoms with E-state index in [-0.39, 0.29) is 11.4 Å². The van der Waals surface area contributed by atoms with Crippen LogP contribution in [0.25, 0.3) is 0 Å². The highest BCUT2D eigenvalue weighted by atomic mass is 35.5. The lowest BCUT2D eigenvalue weighted by molar-refractivity contribution is 0.466. The number of nitriles is 1. The zero-order valence-corrected chi connectivity index (χ0v) is 12.9. The number of rotatable bonds is 4. The summed E-state index contributed by atoms with van der Waals surface area (Å²) in [5.74, 6) is 0. The van der Waals surface area contributed by atoms with Gasteiger partial charge in [-0.2, -0.15) is 9.57 Å². The highest BCUT2D eigenvalue weighted by Crippen LogP contribution is 2.19. The standard InChI is InChI=1S/C15H13ClN2O2S/c1-18(11-13-4-2-3-12(9-13)10-17)21(19,20)15-7-5-14(16)6-8-15/h2-9H,11H2,1H3. The smallest absolute Gasteiger partial charge is 0.207 e. The van der Waals surface area contributed by atoms with Crippen molar-refractivity contribution < 1.29 is 8.42 Å². The SMILES string of the molecule is CN(Cc1cccc(C#N)c1)S(=O)(=O)c1ccc(Cl)cc1.